The first-order valence-electron chi connectivity index (χ1n) is 12.3. The van der Waals surface area contributed by atoms with Gasteiger partial charge in [-0.15, -0.1) is 0 Å². The smallest absolute Gasteiger partial charge is 0.127 e. The van der Waals surface area contributed by atoms with Gasteiger partial charge in [0.1, 0.15) is 23.7 Å². The molecule has 0 radical (unpaired) electrons. The molecule has 1 aliphatic heterocycles. The Labute approximate surface area is 210 Å². The van der Waals surface area contributed by atoms with Crippen molar-refractivity contribution in [3.05, 3.63) is 99.3 Å². The second-order valence-corrected chi connectivity index (χ2v) is 9.82. The molecule has 1 aliphatic carbocycles. The number of para-hydroxylation sites is 2. The Hall–Kier alpha value is -3.55. The summed E-state index contributed by atoms with van der Waals surface area (Å²) in [4.78, 5) is 4.87. The van der Waals surface area contributed by atoms with Gasteiger partial charge in [-0.25, -0.2) is 4.98 Å². The minimum atomic E-state index is 0.354. The summed E-state index contributed by atoms with van der Waals surface area (Å²) in [5, 5.41) is 9.93. The van der Waals surface area contributed by atoms with E-state index < -0.39 is 0 Å². The Balaban J connectivity index is 1.43. The molecule has 3 aromatic carbocycles. The average Bonchev–Trinajstić information content (AvgIpc) is 3.56. The van der Waals surface area contributed by atoms with Crippen LogP contribution >= 0.6 is 11.6 Å². The zero-order valence-corrected chi connectivity index (χ0v) is 20.5. The Morgan fingerprint density at radius 1 is 1.11 bits per heavy atom. The third-order valence-corrected chi connectivity index (χ3v) is 7.36. The normalized spacial score (nSPS) is 18.4. The van der Waals surface area contributed by atoms with E-state index in [1.165, 1.54) is 27.8 Å². The maximum absolute atomic E-state index is 9.24. The number of aryl methyl sites for hydroxylation is 1. The molecule has 2 aliphatic rings. The first-order chi connectivity index (χ1) is 17.2. The van der Waals surface area contributed by atoms with Gasteiger partial charge in [-0.1, -0.05) is 60.5 Å². The molecule has 0 spiro atoms. The van der Waals surface area contributed by atoms with Gasteiger partial charge in [-0.3, -0.25) is 0 Å². The first-order valence-corrected chi connectivity index (χ1v) is 12.6. The van der Waals surface area contributed by atoms with Crippen molar-refractivity contribution in [2.45, 2.75) is 45.8 Å². The van der Waals surface area contributed by atoms with Gasteiger partial charge in [0.2, 0.25) is 0 Å². The lowest BCUT2D eigenvalue weighted by atomic mass is 9.91. The molecule has 1 atom stereocenters. The number of nitrogens with zero attached hydrogens (tertiary/aromatic N) is 3. The van der Waals surface area contributed by atoms with Crippen molar-refractivity contribution in [2.75, 3.05) is 0 Å². The van der Waals surface area contributed by atoms with E-state index in [4.69, 9.17) is 21.3 Å². The summed E-state index contributed by atoms with van der Waals surface area (Å²) in [5.41, 5.74) is 9.32. The third-order valence-electron chi connectivity index (χ3n) is 7.06. The van der Waals surface area contributed by atoms with E-state index in [2.05, 4.69) is 54.0 Å². The monoisotopic (exact) mass is 479 g/mol. The number of hydrogen-bond acceptors (Lipinski definition) is 3. The van der Waals surface area contributed by atoms with Crippen LogP contribution in [0.2, 0.25) is 5.02 Å². The average molecular weight is 480 g/mol. The van der Waals surface area contributed by atoms with Gasteiger partial charge in [0.15, 0.2) is 0 Å². The molecule has 1 fully saturated rings. The van der Waals surface area contributed by atoms with E-state index in [1.54, 1.807) is 0 Å². The summed E-state index contributed by atoms with van der Waals surface area (Å²) in [6, 6.07) is 23.3. The third kappa shape index (κ3) is 3.90. The van der Waals surface area contributed by atoms with Crippen LogP contribution in [0.25, 0.3) is 16.6 Å². The van der Waals surface area contributed by atoms with E-state index in [0.29, 0.717) is 24.0 Å². The number of rotatable bonds is 5. The maximum Gasteiger partial charge on any atom is 0.127 e. The fourth-order valence-electron chi connectivity index (χ4n) is 5.31. The Bertz CT molecular complexity index is 1520. The van der Waals surface area contributed by atoms with Crippen LogP contribution in [0, 0.1) is 17.2 Å². The van der Waals surface area contributed by atoms with Crippen LogP contribution in [0.1, 0.15) is 54.3 Å². The molecule has 6 rings (SSSR count). The maximum atomic E-state index is 9.24. The number of allylic oxidation sites excluding steroid dienone is 1. The molecular formula is C30H26ClN3O. The molecule has 0 bridgehead atoms. The lowest BCUT2D eigenvalue weighted by molar-refractivity contribution is 0.307. The van der Waals surface area contributed by atoms with Crippen molar-refractivity contribution >= 4 is 28.2 Å². The van der Waals surface area contributed by atoms with Crippen LogP contribution in [-0.4, -0.2) is 9.55 Å². The van der Waals surface area contributed by atoms with Crippen LogP contribution in [0.5, 0.6) is 5.75 Å². The van der Waals surface area contributed by atoms with Crippen LogP contribution in [0.3, 0.4) is 0 Å². The number of ether oxygens (including phenoxy) is 1. The van der Waals surface area contributed by atoms with E-state index in [1.807, 2.05) is 24.3 Å². The molecule has 0 saturated heterocycles. The zero-order chi connectivity index (χ0) is 23.9. The zero-order valence-electron chi connectivity index (χ0n) is 19.7. The molecule has 2 heterocycles. The molecule has 5 heteroatoms. The molecule has 1 aromatic heterocycles. The number of imidazole rings is 1. The van der Waals surface area contributed by atoms with Crippen molar-refractivity contribution < 1.29 is 4.74 Å². The van der Waals surface area contributed by atoms with Crippen molar-refractivity contribution in [1.82, 2.24) is 9.55 Å². The van der Waals surface area contributed by atoms with Crippen molar-refractivity contribution in [3.63, 3.8) is 0 Å². The second kappa shape index (κ2) is 8.91. The number of hydrogen-bond donors (Lipinski definition) is 0. The molecule has 4 aromatic rings. The summed E-state index contributed by atoms with van der Waals surface area (Å²) in [7, 11) is 0. The summed E-state index contributed by atoms with van der Waals surface area (Å²) in [6.45, 7) is 3.43. The van der Waals surface area contributed by atoms with Crippen molar-refractivity contribution in [3.8, 4) is 11.8 Å². The molecule has 174 valence electrons. The number of aromatic nitrogens is 2. The summed E-state index contributed by atoms with van der Waals surface area (Å²) < 4.78 is 8.57. The van der Waals surface area contributed by atoms with Gasteiger partial charge in [-0.05, 0) is 65.3 Å². The number of fused-ring (bicyclic) bond motifs is 3. The molecule has 1 saturated carbocycles. The highest BCUT2D eigenvalue weighted by Gasteiger charge is 2.35. The fraction of sp³-hybridized carbons (Fsp3) is 0.267. The van der Waals surface area contributed by atoms with E-state index in [-0.39, 0.29) is 0 Å². The molecular weight excluding hydrogens is 454 g/mol. The van der Waals surface area contributed by atoms with Crippen molar-refractivity contribution in [1.29, 1.82) is 5.26 Å². The summed E-state index contributed by atoms with van der Waals surface area (Å²) in [6.07, 6.45) is 3.50. The minimum absolute atomic E-state index is 0.354. The molecule has 0 amide bonds. The summed E-state index contributed by atoms with van der Waals surface area (Å²) in [5.74, 6) is 2.33. The first kappa shape index (κ1) is 21.9. The van der Waals surface area contributed by atoms with Crippen LogP contribution < -0.4 is 4.74 Å². The van der Waals surface area contributed by atoms with Gasteiger partial charge >= 0.3 is 0 Å². The summed E-state index contributed by atoms with van der Waals surface area (Å²) >= 11 is 6.47. The van der Waals surface area contributed by atoms with Gasteiger partial charge in [0.25, 0.3) is 0 Å². The van der Waals surface area contributed by atoms with Gasteiger partial charge < -0.3 is 9.30 Å². The lowest BCUT2D eigenvalue weighted by Crippen LogP contribution is -2.06. The number of benzene rings is 3. The van der Waals surface area contributed by atoms with E-state index in [0.717, 1.165) is 54.0 Å². The largest absolute Gasteiger partial charge is 0.488 e. The van der Waals surface area contributed by atoms with Gasteiger partial charge in [0, 0.05) is 24.9 Å². The molecule has 0 N–H and O–H groups in total. The lowest BCUT2D eigenvalue weighted by Gasteiger charge is -2.14. The van der Waals surface area contributed by atoms with Gasteiger partial charge in [0.05, 0.1) is 16.6 Å². The molecule has 35 heavy (non-hydrogen) atoms. The molecule has 1 unspecified atom stereocenters. The highest BCUT2D eigenvalue weighted by Crippen LogP contribution is 2.50. The van der Waals surface area contributed by atoms with Crippen molar-refractivity contribution in [2.24, 2.45) is 5.92 Å². The Morgan fingerprint density at radius 3 is 2.86 bits per heavy atom. The molecule has 4 nitrogen and oxygen atoms in total. The second-order valence-electron chi connectivity index (χ2n) is 9.41. The minimum Gasteiger partial charge on any atom is -0.488 e. The topological polar surface area (TPSA) is 50.8 Å². The predicted octanol–water partition coefficient (Wildman–Crippen LogP) is 7.32. The van der Waals surface area contributed by atoms with Gasteiger partial charge in [-0.2, -0.15) is 5.26 Å². The number of nitriles is 1. The SMILES string of the molecule is CCCc1nc2c(Cl)cccc2n1Cc1ccc2c(c1)COc1ccccc1/C2=C1\CC1CC#N. The fourth-order valence-corrected chi connectivity index (χ4v) is 5.52. The standard InChI is InChI=1S/C30H26ClN3O/c1-2-6-28-33-30-25(31)8-5-9-26(30)34(28)17-19-11-12-22-21(15-19)18-35-27-10-4-3-7-23(27)29(22)24-16-20(24)13-14-32/h3-5,7-12,15,20H,2,6,13,16-18H2,1H3/b29-24+. The van der Waals surface area contributed by atoms with Crippen LogP contribution in [-0.2, 0) is 19.6 Å². The number of halogens is 1. The highest BCUT2D eigenvalue weighted by molar-refractivity contribution is 6.34. The Kier molecular flexibility index (Phi) is 5.59. The predicted molar refractivity (Wildman–Crippen MR) is 139 cm³/mol. The van der Waals surface area contributed by atoms with E-state index in [9.17, 15) is 5.26 Å². The highest BCUT2D eigenvalue weighted by atomic mass is 35.5. The van der Waals surface area contributed by atoms with Crippen LogP contribution in [0.15, 0.2) is 66.2 Å². The Morgan fingerprint density at radius 2 is 2.00 bits per heavy atom. The van der Waals surface area contributed by atoms with Crippen LogP contribution in [0.4, 0.5) is 0 Å². The van der Waals surface area contributed by atoms with E-state index >= 15 is 0 Å². The quantitative estimate of drug-likeness (QED) is 0.301.